The van der Waals surface area contributed by atoms with E-state index in [1.807, 2.05) is 6.07 Å². The molecule has 0 spiro atoms. The standard InChI is InChI=1S/C16H23N3O2/c1-5-8-19(12-16(20)18(2)3)11-14-9-13(10-17)6-7-15(14)21-4/h6-7,9H,5,8,11-12H2,1-4H3. The largest absolute Gasteiger partial charge is 0.496 e. The normalized spacial score (nSPS) is 10.3. The van der Waals surface area contributed by atoms with E-state index >= 15 is 0 Å². The number of hydrogen-bond donors (Lipinski definition) is 0. The minimum Gasteiger partial charge on any atom is -0.496 e. The SMILES string of the molecule is CCCN(CC(=O)N(C)C)Cc1cc(C#N)ccc1OC. The zero-order valence-corrected chi connectivity index (χ0v) is 13.2. The summed E-state index contributed by atoms with van der Waals surface area (Å²) in [7, 11) is 5.12. The Balaban J connectivity index is 2.92. The smallest absolute Gasteiger partial charge is 0.236 e. The molecule has 0 aromatic heterocycles. The maximum atomic E-state index is 11.9. The van der Waals surface area contributed by atoms with Crippen molar-refractivity contribution in [3.05, 3.63) is 29.3 Å². The van der Waals surface area contributed by atoms with Crippen molar-refractivity contribution in [3.8, 4) is 11.8 Å². The summed E-state index contributed by atoms with van der Waals surface area (Å²) in [5.74, 6) is 0.811. The Kier molecular flexibility index (Phi) is 6.70. The first kappa shape index (κ1) is 17.0. The first-order chi connectivity index (χ1) is 10.0. The molecule has 0 saturated carbocycles. The monoisotopic (exact) mass is 289 g/mol. The van der Waals surface area contributed by atoms with E-state index in [4.69, 9.17) is 10.00 Å². The van der Waals surface area contributed by atoms with E-state index in [9.17, 15) is 4.79 Å². The van der Waals surface area contributed by atoms with Crippen LogP contribution >= 0.6 is 0 Å². The van der Waals surface area contributed by atoms with Crippen molar-refractivity contribution in [2.24, 2.45) is 0 Å². The van der Waals surface area contributed by atoms with E-state index in [1.165, 1.54) is 0 Å². The molecule has 5 heteroatoms. The number of carbonyl (C=O) groups is 1. The zero-order valence-electron chi connectivity index (χ0n) is 13.2. The Morgan fingerprint density at radius 2 is 2.10 bits per heavy atom. The van der Waals surface area contributed by atoms with E-state index in [1.54, 1.807) is 38.2 Å². The molecular formula is C16H23N3O2. The van der Waals surface area contributed by atoms with Gasteiger partial charge in [0.25, 0.3) is 0 Å². The molecule has 0 N–H and O–H groups in total. The Hall–Kier alpha value is -2.06. The first-order valence-corrected chi connectivity index (χ1v) is 7.01. The van der Waals surface area contributed by atoms with Gasteiger partial charge in [0.1, 0.15) is 5.75 Å². The van der Waals surface area contributed by atoms with Crippen LogP contribution in [0.4, 0.5) is 0 Å². The number of rotatable bonds is 7. The molecule has 0 aliphatic rings. The van der Waals surface area contributed by atoms with Crippen molar-refractivity contribution >= 4 is 5.91 Å². The van der Waals surface area contributed by atoms with Crippen LogP contribution in [0.5, 0.6) is 5.75 Å². The number of benzene rings is 1. The van der Waals surface area contributed by atoms with E-state index in [-0.39, 0.29) is 5.91 Å². The molecule has 0 radical (unpaired) electrons. The Bertz CT molecular complexity index is 521. The summed E-state index contributed by atoms with van der Waals surface area (Å²) in [6, 6.07) is 7.49. The predicted octanol–water partition coefficient (Wildman–Crippen LogP) is 1.87. The average molecular weight is 289 g/mol. The molecule has 0 bridgehead atoms. The van der Waals surface area contributed by atoms with E-state index in [2.05, 4.69) is 17.9 Å². The molecule has 0 unspecified atom stereocenters. The number of amides is 1. The molecule has 1 amide bonds. The van der Waals surface area contributed by atoms with Crippen molar-refractivity contribution in [2.75, 3.05) is 34.3 Å². The second-order valence-corrected chi connectivity index (χ2v) is 5.14. The topological polar surface area (TPSA) is 56.6 Å². The molecule has 21 heavy (non-hydrogen) atoms. The quantitative estimate of drug-likeness (QED) is 0.769. The fraction of sp³-hybridized carbons (Fsp3) is 0.500. The van der Waals surface area contributed by atoms with Crippen molar-refractivity contribution < 1.29 is 9.53 Å². The third-order valence-corrected chi connectivity index (χ3v) is 3.20. The summed E-state index contributed by atoms with van der Waals surface area (Å²) in [5.41, 5.74) is 1.53. The molecule has 114 valence electrons. The van der Waals surface area contributed by atoms with Crippen LogP contribution < -0.4 is 4.74 Å². The highest BCUT2D eigenvalue weighted by Gasteiger charge is 2.14. The van der Waals surface area contributed by atoms with E-state index in [0.717, 1.165) is 24.3 Å². The molecule has 0 aliphatic carbocycles. The number of ether oxygens (including phenoxy) is 1. The summed E-state index contributed by atoms with van der Waals surface area (Å²) in [4.78, 5) is 15.6. The number of likely N-dealkylation sites (N-methyl/N-ethyl adjacent to an activating group) is 1. The maximum absolute atomic E-state index is 11.9. The number of nitrogens with zero attached hydrogens (tertiary/aromatic N) is 3. The fourth-order valence-corrected chi connectivity index (χ4v) is 2.08. The van der Waals surface area contributed by atoms with Crippen LogP contribution in [-0.4, -0.2) is 50.0 Å². The molecule has 0 saturated heterocycles. The third-order valence-electron chi connectivity index (χ3n) is 3.20. The van der Waals surface area contributed by atoms with Crippen LogP contribution in [0.1, 0.15) is 24.5 Å². The Morgan fingerprint density at radius 1 is 1.38 bits per heavy atom. The third kappa shape index (κ3) is 5.09. The second-order valence-electron chi connectivity index (χ2n) is 5.14. The lowest BCUT2D eigenvalue weighted by atomic mass is 10.1. The number of hydrogen-bond acceptors (Lipinski definition) is 4. The van der Waals surface area contributed by atoms with Gasteiger partial charge in [0.05, 0.1) is 25.3 Å². The highest BCUT2D eigenvalue weighted by atomic mass is 16.5. The van der Waals surface area contributed by atoms with Gasteiger partial charge in [0.2, 0.25) is 5.91 Å². The molecular weight excluding hydrogens is 266 g/mol. The van der Waals surface area contributed by atoms with Gasteiger partial charge < -0.3 is 9.64 Å². The summed E-state index contributed by atoms with van der Waals surface area (Å²) in [6.07, 6.45) is 0.959. The number of nitriles is 1. The molecule has 1 aromatic carbocycles. The van der Waals surface area contributed by atoms with Crippen LogP contribution in [-0.2, 0) is 11.3 Å². The zero-order chi connectivity index (χ0) is 15.8. The van der Waals surface area contributed by atoms with Gasteiger partial charge in [-0.25, -0.2) is 0 Å². The van der Waals surface area contributed by atoms with E-state index < -0.39 is 0 Å². The Morgan fingerprint density at radius 3 is 2.62 bits per heavy atom. The van der Waals surface area contributed by atoms with Crippen LogP contribution in [0.15, 0.2) is 18.2 Å². The average Bonchev–Trinajstić information content (AvgIpc) is 2.47. The van der Waals surface area contributed by atoms with Crippen molar-refractivity contribution in [1.29, 1.82) is 5.26 Å². The number of carbonyl (C=O) groups excluding carboxylic acids is 1. The van der Waals surface area contributed by atoms with Gasteiger partial charge in [-0.3, -0.25) is 9.69 Å². The lowest BCUT2D eigenvalue weighted by Gasteiger charge is -2.24. The molecule has 1 aromatic rings. The van der Waals surface area contributed by atoms with Crippen molar-refractivity contribution in [1.82, 2.24) is 9.80 Å². The maximum Gasteiger partial charge on any atom is 0.236 e. The fourth-order valence-electron chi connectivity index (χ4n) is 2.08. The van der Waals surface area contributed by atoms with E-state index in [0.29, 0.717) is 18.7 Å². The predicted molar refractivity (Wildman–Crippen MR) is 82.0 cm³/mol. The summed E-state index contributed by atoms with van der Waals surface area (Å²) >= 11 is 0. The Labute approximate surface area is 126 Å². The highest BCUT2D eigenvalue weighted by molar-refractivity contribution is 5.77. The summed E-state index contributed by atoms with van der Waals surface area (Å²) < 4.78 is 5.34. The van der Waals surface area contributed by atoms with Gasteiger partial charge in [-0.1, -0.05) is 6.92 Å². The van der Waals surface area contributed by atoms with Gasteiger partial charge in [0, 0.05) is 26.2 Å². The summed E-state index contributed by atoms with van der Waals surface area (Å²) in [5, 5.41) is 9.02. The molecule has 0 aliphatic heterocycles. The molecule has 0 fully saturated rings. The lowest BCUT2D eigenvalue weighted by molar-refractivity contribution is -0.130. The van der Waals surface area contributed by atoms with Crippen LogP contribution in [0.2, 0.25) is 0 Å². The van der Waals surface area contributed by atoms with Gasteiger partial charge >= 0.3 is 0 Å². The lowest BCUT2D eigenvalue weighted by Crippen LogP contribution is -2.36. The molecule has 5 nitrogen and oxygen atoms in total. The van der Waals surface area contributed by atoms with Gasteiger partial charge in [-0.2, -0.15) is 5.26 Å². The summed E-state index contributed by atoms with van der Waals surface area (Å²) in [6.45, 7) is 3.85. The van der Waals surface area contributed by atoms with Crippen LogP contribution in [0.3, 0.4) is 0 Å². The highest BCUT2D eigenvalue weighted by Crippen LogP contribution is 2.21. The molecule has 1 rings (SSSR count). The van der Waals surface area contributed by atoms with Gasteiger partial charge in [-0.05, 0) is 31.2 Å². The first-order valence-electron chi connectivity index (χ1n) is 7.01. The van der Waals surface area contributed by atoms with Gasteiger partial charge in [-0.15, -0.1) is 0 Å². The van der Waals surface area contributed by atoms with Crippen LogP contribution in [0.25, 0.3) is 0 Å². The van der Waals surface area contributed by atoms with Crippen molar-refractivity contribution in [3.63, 3.8) is 0 Å². The van der Waals surface area contributed by atoms with Gasteiger partial charge in [0.15, 0.2) is 0 Å². The van der Waals surface area contributed by atoms with Crippen molar-refractivity contribution in [2.45, 2.75) is 19.9 Å². The molecule has 0 atom stereocenters. The minimum atomic E-state index is 0.0684. The molecule has 0 heterocycles. The second kappa shape index (κ2) is 8.28. The number of methoxy groups -OCH3 is 1. The minimum absolute atomic E-state index is 0.0684. The van der Waals surface area contributed by atoms with Crippen LogP contribution in [0, 0.1) is 11.3 Å².